The van der Waals surface area contributed by atoms with Gasteiger partial charge in [-0.3, -0.25) is 14.4 Å². The summed E-state index contributed by atoms with van der Waals surface area (Å²) in [5, 5.41) is 0.250. The molecule has 2 aliphatic rings. The molecule has 11 heteroatoms. The molecule has 0 radical (unpaired) electrons. The van der Waals surface area contributed by atoms with Crippen LogP contribution < -0.4 is 5.56 Å². The van der Waals surface area contributed by atoms with Gasteiger partial charge < -0.3 is 9.72 Å². The molecule has 28 heavy (non-hydrogen) atoms. The SMILES string of the molecule is COC(=O)C1CCCC(F)(F)C1=O.CSc1nc2c(c(=O)[nH]1)CCCC2(F)F. The van der Waals surface area contributed by atoms with Gasteiger partial charge in [-0.05, 0) is 31.9 Å². The van der Waals surface area contributed by atoms with Gasteiger partial charge in [-0.25, -0.2) is 4.98 Å². The third-order valence-corrected chi connectivity index (χ3v) is 5.18. The summed E-state index contributed by atoms with van der Waals surface area (Å²) < 4.78 is 56.8. The molecule has 0 aromatic carbocycles. The lowest BCUT2D eigenvalue weighted by Crippen LogP contribution is -2.42. The van der Waals surface area contributed by atoms with E-state index < -0.39 is 41.5 Å². The van der Waals surface area contributed by atoms with Crippen molar-refractivity contribution in [2.45, 2.75) is 55.5 Å². The first-order valence-corrected chi connectivity index (χ1v) is 9.81. The van der Waals surface area contributed by atoms with E-state index in [0.29, 0.717) is 12.8 Å². The molecule has 0 aliphatic heterocycles. The molecule has 1 heterocycles. The predicted octanol–water partition coefficient (Wildman–Crippen LogP) is 3.08. The van der Waals surface area contributed by atoms with Gasteiger partial charge in [-0.2, -0.15) is 17.6 Å². The minimum atomic E-state index is -3.35. The Kier molecular flexibility index (Phi) is 6.89. The maximum atomic E-state index is 13.5. The number of fused-ring (bicyclic) bond motifs is 1. The number of esters is 1. The van der Waals surface area contributed by atoms with E-state index >= 15 is 0 Å². The summed E-state index contributed by atoms with van der Waals surface area (Å²) in [6, 6.07) is 0. The number of halogens is 4. The molecule has 156 valence electrons. The summed E-state index contributed by atoms with van der Waals surface area (Å²) in [6.07, 6.45) is 2.08. The fraction of sp³-hybridized carbons (Fsp3) is 0.647. The van der Waals surface area contributed by atoms with Crippen LogP contribution in [0.15, 0.2) is 9.95 Å². The van der Waals surface area contributed by atoms with Crippen LogP contribution in [0.25, 0.3) is 0 Å². The third kappa shape index (κ3) is 4.73. The van der Waals surface area contributed by atoms with Gasteiger partial charge in [0, 0.05) is 18.4 Å². The number of ether oxygens (including phenoxy) is 1. The van der Waals surface area contributed by atoms with E-state index in [-0.39, 0.29) is 35.7 Å². The van der Waals surface area contributed by atoms with E-state index in [1.54, 1.807) is 6.26 Å². The molecule has 1 N–H and O–H groups in total. The molecular weight excluding hydrogens is 404 g/mol. The molecule has 3 rings (SSSR count). The van der Waals surface area contributed by atoms with Gasteiger partial charge in [0.25, 0.3) is 11.5 Å². The largest absolute Gasteiger partial charge is 0.468 e. The molecule has 6 nitrogen and oxygen atoms in total. The second-order valence-electron chi connectivity index (χ2n) is 6.50. The number of aromatic nitrogens is 2. The second-order valence-corrected chi connectivity index (χ2v) is 7.29. The van der Waals surface area contributed by atoms with Gasteiger partial charge in [0.15, 0.2) is 5.16 Å². The zero-order valence-electron chi connectivity index (χ0n) is 15.3. The molecule has 1 aromatic heterocycles. The number of methoxy groups -OCH3 is 1. The minimum absolute atomic E-state index is 0.143. The summed E-state index contributed by atoms with van der Waals surface area (Å²) in [7, 11) is 1.09. The molecule has 2 aliphatic carbocycles. The monoisotopic (exact) mass is 424 g/mol. The van der Waals surface area contributed by atoms with Gasteiger partial charge in [0.1, 0.15) is 11.6 Å². The van der Waals surface area contributed by atoms with E-state index in [1.165, 1.54) is 0 Å². The Labute approximate surface area is 162 Å². The van der Waals surface area contributed by atoms with Crippen molar-refractivity contribution in [3.8, 4) is 0 Å². The number of nitrogens with zero attached hydrogens (tertiary/aromatic N) is 1. The van der Waals surface area contributed by atoms with Crippen LogP contribution in [0.5, 0.6) is 0 Å². The Hall–Kier alpha value is -1.91. The Bertz CT molecular complexity index is 813. The van der Waals surface area contributed by atoms with Crippen molar-refractivity contribution >= 4 is 23.5 Å². The molecule has 0 spiro atoms. The molecule has 1 aromatic rings. The number of hydrogen-bond donors (Lipinski definition) is 1. The fourth-order valence-corrected chi connectivity index (χ4v) is 3.50. The van der Waals surface area contributed by atoms with Gasteiger partial charge in [-0.15, -0.1) is 0 Å². The summed E-state index contributed by atoms with van der Waals surface area (Å²) >= 11 is 1.16. The highest BCUT2D eigenvalue weighted by Crippen LogP contribution is 2.37. The first kappa shape index (κ1) is 22.4. The maximum Gasteiger partial charge on any atom is 0.316 e. The quantitative estimate of drug-likeness (QED) is 0.258. The molecule has 1 unspecified atom stereocenters. The van der Waals surface area contributed by atoms with Crippen LogP contribution in [0.1, 0.15) is 43.4 Å². The summed E-state index contributed by atoms with van der Waals surface area (Å²) in [6.45, 7) is 0. The van der Waals surface area contributed by atoms with Crippen LogP contribution in [0.2, 0.25) is 0 Å². The standard InChI is InChI=1S/C9H10F2N2OS.C8H10F2O3/c1-15-8-12-6-5(7(14)13-8)3-2-4-9(6,10)11;1-13-7(12)5-3-2-4-8(9,10)6(5)11/h2-4H2,1H3,(H,12,13,14);5H,2-4H2,1H3. The zero-order chi connectivity index (χ0) is 21.1. The Balaban J connectivity index is 0.000000203. The molecule has 0 amide bonds. The zero-order valence-corrected chi connectivity index (χ0v) is 16.1. The van der Waals surface area contributed by atoms with Crippen LogP contribution in [-0.4, -0.2) is 41.0 Å². The lowest BCUT2D eigenvalue weighted by Gasteiger charge is -2.25. The smallest absolute Gasteiger partial charge is 0.316 e. The predicted molar refractivity (Wildman–Crippen MR) is 92.8 cm³/mol. The normalized spacial score (nSPS) is 22.5. The van der Waals surface area contributed by atoms with Crippen molar-refractivity contribution in [2.75, 3.05) is 13.4 Å². The minimum Gasteiger partial charge on any atom is -0.468 e. The Morgan fingerprint density at radius 1 is 1.18 bits per heavy atom. The van der Waals surface area contributed by atoms with Gasteiger partial charge >= 0.3 is 11.9 Å². The maximum absolute atomic E-state index is 13.5. The average Bonchev–Trinajstić information content (AvgIpc) is 2.64. The van der Waals surface area contributed by atoms with Crippen LogP contribution >= 0.6 is 11.8 Å². The number of thioether (sulfide) groups is 1. The van der Waals surface area contributed by atoms with Gasteiger partial charge in [0.05, 0.1) is 7.11 Å². The lowest BCUT2D eigenvalue weighted by atomic mass is 9.85. The topological polar surface area (TPSA) is 89.1 Å². The van der Waals surface area contributed by atoms with Crippen LogP contribution in [-0.2, 0) is 26.7 Å². The number of alkyl halides is 4. The Morgan fingerprint density at radius 2 is 1.82 bits per heavy atom. The number of carbonyl (C=O) groups excluding carboxylic acids is 2. The molecule has 1 saturated carbocycles. The molecule has 1 atom stereocenters. The van der Waals surface area contributed by atoms with E-state index in [2.05, 4.69) is 14.7 Å². The van der Waals surface area contributed by atoms with Crippen molar-refractivity contribution in [1.29, 1.82) is 0 Å². The molecule has 0 bridgehead atoms. The Morgan fingerprint density at radius 3 is 2.43 bits per heavy atom. The number of nitrogens with one attached hydrogen (secondary N) is 1. The first-order valence-electron chi connectivity index (χ1n) is 8.59. The van der Waals surface area contributed by atoms with Gasteiger partial charge in [0.2, 0.25) is 5.78 Å². The molecule has 1 fully saturated rings. The summed E-state index contributed by atoms with van der Waals surface area (Å²) in [4.78, 5) is 39.7. The highest BCUT2D eigenvalue weighted by Gasteiger charge is 2.48. The highest BCUT2D eigenvalue weighted by molar-refractivity contribution is 7.98. The average molecular weight is 424 g/mol. The van der Waals surface area contributed by atoms with Crippen molar-refractivity contribution < 1.29 is 31.9 Å². The van der Waals surface area contributed by atoms with Crippen molar-refractivity contribution in [1.82, 2.24) is 9.97 Å². The van der Waals surface area contributed by atoms with Gasteiger partial charge in [-0.1, -0.05) is 11.8 Å². The van der Waals surface area contributed by atoms with Crippen molar-refractivity contribution in [3.63, 3.8) is 0 Å². The van der Waals surface area contributed by atoms with Crippen molar-refractivity contribution in [2.24, 2.45) is 5.92 Å². The molecular formula is C17H20F4N2O4S. The van der Waals surface area contributed by atoms with Crippen LogP contribution in [0, 0.1) is 5.92 Å². The number of rotatable bonds is 2. The lowest BCUT2D eigenvalue weighted by molar-refractivity contribution is -0.164. The van der Waals surface area contributed by atoms with Crippen LogP contribution in [0.3, 0.4) is 0 Å². The van der Waals surface area contributed by atoms with E-state index in [1.807, 2.05) is 0 Å². The number of hydrogen-bond acceptors (Lipinski definition) is 6. The number of H-pyrrole nitrogens is 1. The second kappa shape index (κ2) is 8.62. The summed E-state index contributed by atoms with van der Waals surface area (Å²) in [5.41, 5.74) is -0.616. The highest BCUT2D eigenvalue weighted by atomic mass is 32.2. The molecule has 0 saturated heterocycles. The third-order valence-electron chi connectivity index (χ3n) is 4.60. The van der Waals surface area contributed by atoms with Crippen molar-refractivity contribution in [3.05, 3.63) is 21.6 Å². The summed E-state index contributed by atoms with van der Waals surface area (Å²) in [5.74, 6) is -9.73. The number of Topliss-reactive ketones (excluding diaryl/α,β-unsaturated/α-hetero) is 1. The van der Waals surface area contributed by atoms with E-state index in [4.69, 9.17) is 0 Å². The van der Waals surface area contributed by atoms with Crippen LogP contribution in [0.4, 0.5) is 17.6 Å². The van der Waals surface area contributed by atoms with E-state index in [0.717, 1.165) is 18.9 Å². The first-order chi connectivity index (χ1) is 13.0. The number of ketones is 1. The fourth-order valence-electron chi connectivity index (χ4n) is 3.12. The number of aromatic amines is 1. The number of carbonyl (C=O) groups is 2. The van der Waals surface area contributed by atoms with E-state index in [9.17, 15) is 31.9 Å².